The number of rotatable bonds is 1. The minimum atomic E-state index is 0.135. The fourth-order valence-corrected chi connectivity index (χ4v) is 3.50. The fourth-order valence-electron chi connectivity index (χ4n) is 3.32. The van der Waals surface area contributed by atoms with Gasteiger partial charge in [-0.15, -0.1) is 0 Å². The number of nitrogens with zero attached hydrogens (tertiary/aromatic N) is 2. The lowest BCUT2D eigenvalue weighted by Crippen LogP contribution is -2.23. The molecule has 0 aliphatic heterocycles. The highest BCUT2D eigenvalue weighted by Gasteiger charge is 2.21. The van der Waals surface area contributed by atoms with Gasteiger partial charge >= 0.3 is 0 Å². The van der Waals surface area contributed by atoms with Gasteiger partial charge in [0.05, 0.1) is 5.39 Å². The number of aromatic nitrogens is 2. The molecule has 0 saturated carbocycles. The van der Waals surface area contributed by atoms with E-state index in [2.05, 4.69) is 9.55 Å². The predicted octanol–water partition coefficient (Wildman–Crippen LogP) is 3.92. The van der Waals surface area contributed by atoms with Gasteiger partial charge in [-0.25, -0.2) is 4.98 Å². The van der Waals surface area contributed by atoms with Gasteiger partial charge in [0, 0.05) is 28.2 Å². The molecular weight excluding hydrogens is 296 g/mol. The van der Waals surface area contributed by atoms with E-state index >= 15 is 0 Å². The lowest BCUT2D eigenvalue weighted by molar-refractivity contribution is 0.651. The van der Waals surface area contributed by atoms with E-state index in [1.54, 1.807) is 6.20 Å². The number of halogens is 1. The Balaban J connectivity index is 2.16. The summed E-state index contributed by atoms with van der Waals surface area (Å²) < 4.78 is 2.11. The van der Waals surface area contributed by atoms with E-state index in [-0.39, 0.29) is 5.43 Å². The van der Waals surface area contributed by atoms with Crippen LogP contribution in [0.2, 0.25) is 5.02 Å². The van der Waals surface area contributed by atoms with Crippen LogP contribution >= 0.6 is 11.6 Å². The van der Waals surface area contributed by atoms with Gasteiger partial charge in [0.1, 0.15) is 5.65 Å². The molecule has 2 aromatic heterocycles. The summed E-state index contributed by atoms with van der Waals surface area (Å²) >= 11 is 6.16. The molecule has 0 atom stereocenters. The summed E-state index contributed by atoms with van der Waals surface area (Å²) in [7, 11) is 0. The first-order valence-electron chi connectivity index (χ1n) is 7.53. The van der Waals surface area contributed by atoms with Gasteiger partial charge < -0.3 is 0 Å². The third kappa shape index (κ3) is 2.04. The van der Waals surface area contributed by atoms with Gasteiger partial charge in [0.2, 0.25) is 0 Å². The maximum atomic E-state index is 12.7. The van der Waals surface area contributed by atoms with Gasteiger partial charge in [-0.05, 0) is 56.0 Å². The number of benzene rings is 1. The summed E-state index contributed by atoms with van der Waals surface area (Å²) in [6.45, 7) is 0. The van der Waals surface area contributed by atoms with Crippen LogP contribution in [0.5, 0.6) is 0 Å². The highest BCUT2D eigenvalue weighted by Crippen LogP contribution is 2.27. The highest BCUT2D eigenvalue weighted by molar-refractivity contribution is 6.30. The monoisotopic (exact) mass is 310 g/mol. The number of pyridine rings is 2. The van der Waals surface area contributed by atoms with Crippen molar-refractivity contribution in [2.45, 2.75) is 25.7 Å². The Kier molecular flexibility index (Phi) is 3.23. The summed E-state index contributed by atoms with van der Waals surface area (Å²) in [5.74, 6) is 0. The molecule has 1 aliphatic carbocycles. The van der Waals surface area contributed by atoms with Crippen molar-refractivity contribution in [3.05, 3.63) is 69.1 Å². The second-order valence-corrected chi connectivity index (χ2v) is 6.09. The first kappa shape index (κ1) is 13.5. The van der Waals surface area contributed by atoms with Gasteiger partial charge in [-0.2, -0.15) is 0 Å². The predicted molar refractivity (Wildman–Crippen MR) is 89.0 cm³/mol. The molecule has 4 heteroatoms. The maximum Gasteiger partial charge on any atom is 0.194 e. The zero-order chi connectivity index (χ0) is 15.1. The molecule has 3 nitrogen and oxygen atoms in total. The summed E-state index contributed by atoms with van der Waals surface area (Å²) in [5, 5.41) is 1.37. The molecule has 2 heterocycles. The van der Waals surface area contributed by atoms with Crippen molar-refractivity contribution in [2.24, 2.45) is 0 Å². The first-order chi connectivity index (χ1) is 10.8. The molecule has 0 unspecified atom stereocenters. The van der Waals surface area contributed by atoms with Crippen LogP contribution in [0.25, 0.3) is 16.7 Å². The minimum absolute atomic E-state index is 0.135. The second-order valence-electron chi connectivity index (χ2n) is 5.65. The zero-order valence-electron chi connectivity index (χ0n) is 12.1. The Morgan fingerprint density at radius 1 is 1.09 bits per heavy atom. The fraction of sp³-hybridized carbons (Fsp3) is 0.222. The van der Waals surface area contributed by atoms with E-state index in [1.165, 1.54) is 0 Å². The van der Waals surface area contributed by atoms with Gasteiger partial charge in [-0.3, -0.25) is 9.36 Å². The molecule has 0 bridgehead atoms. The van der Waals surface area contributed by atoms with E-state index in [0.717, 1.165) is 48.3 Å². The Hall–Kier alpha value is -2.13. The molecule has 1 aromatic carbocycles. The van der Waals surface area contributed by atoms with Crippen molar-refractivity contribution in [1.29, 1.82) is 0 Å². The molecular formula is C18H15ClN2O. The average molecular weight is 311 g/mol. The van der Waals surface area contributed by atoms with E-state index < -0.39 is 0 Å². The molecule has 3 aromatic rings. The number of hydrogen-bond acceptors (Lipinski definition) is 2. The average Bonchev–Trinajstić information content (AvgIpc) is 2.55. The lowest BCUT2D eigenvalue weighted by atomic mass is 9.94. The Bertz CT molecular complexity index is 930. The summed E-state index contributed by atoms with van der Waals surface area (Å²) in [6.07, 6.45) is 5.66. The maximum absolute atomic E-state index is 12.7. The molecule has 0 amide bonds. The van der Waals surface area contributed by atoms with E-state index in [9.17, 15) is 4.79 Å². The van der Waals surface area contributed by atoms with Crippen molar-refractivity contribution >= 4 is 22.6 Å². The summed E-state index contributed by atoms with van der Waals surface area (Å²) in [6, 6.07) is 11.4. The van der Waals surface area contributed by atoms with Gasteiger partial charge in [0.15, 0.2) is 5.43 Å². The Morgan fingerprint density at radius 2 is 1.95 bits per heavy atom. The Morgan fingerprint density at radius 3 is 2.82 bits per heavy atom. The Labute approximate surface area is 133 Å². The van der Waals surface area contributed by atoms with Gasteiger partial charge in [0.25, 0.3) is 0 Å². The van der Waals surface area contributed by atoms with Crippen LogP contribution in [0.3, 0.4) is 0 Å². The van der Waals surface area contributed by atoms with Crippen LogP contribution in [0.15, 0.2) is 47.4 Å². The van der Waals surface area contributed by atoms with Crippen LogP contribution in [0.4, 0.5) is 0 Å². The van der Waals surface area contributed by atoms with Crippen molar-refractivity contribution in [3.63, 3.8) is 0 Å². The quantitative estimate of drug-likeness (QED) is 0.683. The normalized spacial score (nSPS) is 14.0. The van der Waals surface area contributed by atoms with E-state index in [0.29, 0.717) is 10.4 Å². The molecule has 0 saturated heterocycles. The van der Waals surface area contributed by atoms with Crippen molar-refractivity contribution in [2.75, 3.05) is 0 Å². The molecule has 0 spiro atoms. The molecule has 110 valence electrons. The van der Waals surface area contributed by atoms with Crippen molar-refractivity contribution in [3.8, 4) is 5.69 Å². The van der Waals surface area contributed by atoms with Crippen molar-refractivity contribution < 1.29 is 0 Å². The van der Waals surface area contributed by atoms with Crippen LogP contribution in [0, 0.1) is 0 Å². The van der Waals surface area contributed by atoms with Crippen LogP contribution in [-0.2, 0) is 12.8 Å². The smallest absolute Gasteiger partial charge is 0.194 e. The molecule has 0 radical (unpaired) electrons. The second kappa shape index (κ2) is 5.25. The molecule has 22 heavy (non-hydrogen) atoms. The topological polar surface area (TPSA) is 34.9 Å². The van der Waals surface area contributed by atoms with Crippen LogP contribution in [0.1, 0.15) is 24.1 Å². The van der Waals surface area contributed by atoms with E-state index in [1.807, 2.05) is 36.4 Å². The standard InChI is InChI=1S/C18H15ClN2O/c19-12-5-3-6-13(11-12)21-16-9-2-1-7-14(16)17(22)15-8-4-10-20-18(15)21/h3-6,8,10-11H,1-2,7,9H2. The molecule has 0 N–H and O–H groups in total. The highest BCUT2D eigenvalue weighted by atomic mass is 35.5. The molecule has 0 fully saturated rings. The first-order valence-corrected chi connectivity index (χ1v) is 7.91. The zero-order valence-corrected chi connectivity index (χ0v) is 12.8. The molecule has 1 aliphatic rings. The van der Waals surface area contributed by atoms with Gasteiger partial charge in [-0.1, -0.05) is 17.7 Å². The minimum Gasteiger partial charge on any atom is -0.298 e. The third-order valence-electron chi connectivity index (χ3n) is 4.29. The number of fused-ring (bicyclic) bond motifs is 2. The summed E-state index contributed by atoms with van der Waals surface area (Å²) in [4.78, 5) is 17.2. The van der Waals surface area contributed by atoms with Crippen molar-refractivity contribution in [1.82, 2.24) is 9.55 Å². The summed E-state index contributed by atoms with van der Waals surface area (Å²) in [5.41, 5.74) is 3.84. The SMILES string of the molecule is O=c1c2c(n(-c3cccc(Cl)c3)c3ncccc13)CCCC2. The number of hydrogen-bond donors (Lipinski definition) is 0. The largest absolute Gasteiger partial charge is 0.298 e. The van der Waals surface area contributed by atoms with E-state index in [4.69, 9.17) is 11.6 Å². The molecule has 4 rings (SSSR count). The third-order valence-corrected chi connectivity index (χ3v) is 4.53. The lowest BCUT2D eigenvalue weighted by Gasteiger charge is -2.23. The van der Waals surface area contributed by atoms with Crippen LogP contribution < -0.4 is 5.43 Å². The van der Waals surface area contributed by atoms with Crippen LogP contribution in [-0.4, -0.2) is 9.55 Å².